The van der Waals surface area contributed by atoms with Gasteiger partial charge in [-0.2, -0.15) is 0 Å². The standard InChI is InChI=1S/C12H33N3O3Si2/c1-15(12-19(5,6)16-2)20(17-3,18-4)11-7-9-14-10-8-13/h14H,7-13H2,1-6H3. The number of hydrogen-bond donors (Lipinski definition) is 2. The highest BCUT2D eigenvalue weighted by Gasteiger charge is 2.43. The van der Waals surface area contributed by atoms with Crippen LogP contribution in [0.15, 0.2) is 0 Å². The molecule has 0 unspecified atom stereocenters. The normalized spacial score (nSPS) is 13.2. The molecule has 20 heavy (non-hydrogen) atoms. The quantitative estimate of drug-likeness (QED) is 0.402. The fraction of sp³-hybridized carbons (Fsp3) is 1.00. The van der Waals surface area contributed by atoms with Crippen LogP contribution in [0.5, 0.6) is 0 Å². The van der Waals surface area contributed by atoms with Crippen LogP contribution in [0.25, 0.3) is 0 Å². The Morgan fingerprint density at radius 1 is 1.05 bits per heavy atom. The van der Waals surface area contributed by atoms with Gasteiger partial charge in [-0.05, 0) is 33.1 Å². The Bertz CT molecular complexity index is 254. The summed E-state index contributed by atoms with van der Waals surface area (Å²) < 4.78 is 19.5. The van der Waals surface area contributed by atoms with Gasteiger partial charge < -0.3 is 24.3 Å². The minimum Gasteiger partial charge on any atom is -0.419 e. The molecule has 0 aliphatic heterocycles. The Balaban J connectivity index is 4.49. The second-order valence-electron chi connectivity index (χ2n) is 5.58. The van der Waals surface area contributed by atoms with Crippen molar-refractivity contribution in [2.75, 3.05) is 54.2 Å². The largest absolute Gasteiger partial charge is 0.426 e. The molecule has 0 aromatic rings. The van der Waals surface area contributed by atoms with Crippen LogP contribution in [0.4, 0.5) is 0 Å². The average Bonchev–Trinajstić information content (AvgIpc) is 2.43. The zero-order valence-electron chi connectivity index (χ0n) is 14.0. The van der Waals surface area contributed by atoms with Gasteiger partial charge in [0.25, 0.3) is 0 Å². The molecule has 0 aliphatic rings. The summed E-state index contributed by atoms with van der Waals surface area (Å²) in [6.07, 6.45) is 1.93. The van der Waals surface area contributed by atoms with Gasteiger partial charge in [0.2, 0.25) is 0 Å². The van der Waals surface area contributed by atoms with Crippen molar-refractivity contribution >= 4 is 17.0 Å². The lowest BCUT2D eigenvalue weighted by atomic mass is 10.5. The number of nitrogens with one attached hydrogen (secondary N) is 1. The first kappa shape index (κ1) is 20.2. The van der Waals surface area contributed by atoms with E-state index in [2.05, 4.69) is 30.0 Å². The van der Waals surface area contributed by atoms with Crippen LogP contribution in [0, 0.1) is 0 Å². The molecule has 0 aliphatic carbocycles. The van der Waals surface area contributed by atoms with Crippen molar-refractivity contribution in [3.63, 3.8) is 0 Å². The van der Waals surface area contributed by atoms with E-state index in [1.165, 1.54) is 0 Å². The molecule has 0 aromatic carbocycles. The van der Waals surface area contributed by atoms with Crippen molar-refractivity contribution in [3.8, 4) is 0 Å². The van der Waals surface area contributed by atoms with Gasteiger partial charge in [-0.15, -0.1) is 0 Å². The first-order valence-electron chi connectivity index (χ1n) is 7.15. The molecule has 0 rings (SSSR count). The fourth-order valence-corrected chi connectivity index (χ4v) is 7.79. The van der Waals surface area contributed by atoms with Crippen LogP contribution in [0.1, 0.15) is 6.42 Å². The third-order valence-corrected chi connectivity index (χ3v) is 9.80. The summed E-state index contributed by atoms with van der Waals surface area (Å²) in [4.78, 5) is 0. The Hall–Kier alpha value is 0.194. The van der Waals surface area contributed by atoms with E-state index in [1.54, 1.807) is 21.3 Å². The third-order valence-electron chi connectivity index (χ3n) is 3.56. The van der Waals surface area contributed by atoms with E-state index in [0.717, 1.165) is 31.7 Å². The van der Waals surface area contributed by atoms with Crippen molar-refractivity contribution in [3.05, 3.63) is 0 Å². The van der Waals surface area contributed by atoms with E-state index < -0.39 is 17.0 Å². The minimum atomic E-state index is -2.32. The molecule has 0 saturated heterocycles. The summed E-state index contributed by atoms with van der Waals surface area (Å²) in [5.74, 6) is 0. The monoisotopic (exact) mass is 323 g/mol. The molecule has 0 saturated carbocycles. The first-order valence-corrected chi connectivity index (χ1v) is 12.2. The smallest absolute Gasteiger partial charge is 0.419 e. The van der Waals surface area contributed by atoms with Crippen molar-refractivity contribution in [1.82, 2.24) is 9.88 Å². The molecular weight excluding hydrogens is 290 g/mol. The summed E-state index contributed by atoms with van der Waals surface area (Å²) in [5.41, 5.74) is 5.46. The number of hydrogen-bond acceptors (Lipinski definition) is 6. The van der Waals surface area contributed by atoms with Crippen LogP contribution < -0.4 is 11.1 Å². The highest BCUT2D eigenvalue weighted by molar-refractivity contribution is 6.73. The van der Waals surface area contributed by atoms with Crippen LogP contribution >= 0.6 is 0 Å². The highest BCUT2D eigenvalue weighted by Crippen LogP contribution is 2.20. The van der Waals surface area contributed by atoms with E-state index in [4.69, 9.17) is 19.0 Å². The van der Waals surface area contributed by atoms with E-state index in [9.17, 15) is 0 Å². The minimum absolute atomic E-state index is 0.671. The van der Waals surface area contributed by atoms with E-state index in [1.807, 2.05) is 0 Å². The van der Waals surface area contributed by atoms with E-state index in [-0.39, 0.29) is 0 Å². The van der Waals surface area contributed by atoms with Crippen LogP contribution in [-0.4, -0.2) is 75.8 Å². The van der Waals surface area contributed by atoms with Crippen LogP contribution in [0.3, 0.4) is 0 Å². The second kappa shape index (κ2) is 10.0. The molecule has 0 bridgehead atoms. The van der Waals surface area contributed by atoms with Gasteiger partial charge in [0.1, 0.15) is 0 Å². The lowest BCUT2D eigenvalue weighted by Crippen LogP contribution is -2.60. The Morgan fingerprint density at radius 3 is 2.10 bits per heavy atom. The maximum absolute atomic E-state index is 5.80. The van der Waals surface area contributed by atoms with Gasteiger partial charge in [-0.25, -0.2) is 0 Å². The summed E-state index contributed by atoms with van der Waals surface area (Å²) in [6, 6.07) is 0.933. The summed E-state index contributed by atoms with van der Waals surface area (Å²) >= 11 is 0. The zero-order valence-corrected chi connectivity index (χ0v) is 16.0. The van der Waals surface area contributed by atoms with Gasteiger partial charge in [-0.1, -0.05) is 0 Å². The van der Waals surface area contributed by atoms with Crippen LogP contribution in [0.2, 0.25) is 19.1 Å². The third kappa shape index (κ3) is 6.77. The Morgan fingerprint density at radius 2 is 1.65 bits per heavy atom. The number of nitrogens with two attached hydrogens (primary N) is 1. The molecule has 6 nitrogen and oxygen atoms in total. The molecule has 0 spiro atoms. The van der Waals surface area contributed by atoms with Crippen molar-refractivity contribution in [2.45, 2.75) is 25.6 Å². The molecule has 0 radical (unpaired) electrons. The molecule has 0 amide bonds. The van der Waals surface area contributed by atoms with Gasteiger partial charge in [0.15, 0.2) is 8.32 Å². The molecule has 0 aromatic heterocycles. The van der Waals surface area contributed by atoms with Crippen molar-refractivity contribution in [2.24, 2.45) is 5.73 Å². The van der Waals surface area contributed by atoms with Crippen molar-refractivity contribution < 1.29 is 13.3 Å². The lowest BCUT2D eigenvalue weighted by Gasteiger charge is -2.38. The van der Waals surface area contributed by atoms with Gasteiger partial charge in [-0.3, -0.25) is 4.57 Å². The van der Waals surface area contributed by atoms with Crippen molar-refractivity contribution in [1.29, 1.82) is 0 Å². The maximum atomic E-state index is 5.80. The predicted octanol–water partition coefficient (Wildman–Crippen LogP) is 0.479. The second-order valence-corrected chi connectivity index (χ2v) is 13.3. The molecule has 0 fully saturated rings. The molecule has 122 valence electrons. The first-order chi connectivity index (χ1) is 9.37. The fourth-order valence-electron chi connectivity index (χ4n) is 2.21. The predicted molar refractivity (Wildman–Crippen MR) is 88.2 cm³/mol. The molecule has 8 heteroatoms. The number of rotatable bonds is 12. The summed E-state index contributed by atoms with van der Waals surface area (Å²) in [7, 11) is 3.39. The topological polar surface area (TPSA) is 69.0 Å². The molecule has 0 heterocycles. The SMILES string of the molecule is CO[Si](C)(C)CN(C)[Si](CCCNCCN)(OC)OC. The van der Waals surface area contributed by atoms with Gasteiger partial charge in [0.05, 0.1) is 0 Å². The summed E-state index contributed by atoms with van der Waals surface area (Å²) in [6.45, 7) is 6.88. The molecule has 0 atom stereocenters. The maximum Gasteiger partial charge on any atom is 0.426 e. The summed E-state index contributed by atoms with van der Waals surface area (Å²) in [5, 5.41) is 3.31. The lowest BCUT2D eigenvalue weighted by molar-refractivity contribution is 0.178. The number of nitrogens with zero attached hydrogens (tertiary/aromatic N) is 1. The zero-order chi connectivity index (χ0) is 15.6. The van der Waals surface area contributed by atoms with E-state index >= 15 is 0 Å². The Labute approximate surface area is 126 Å². The highest BCUT2D eigenvalue weighted by atomic mass is 28.4. The molecule has 3 N–H and O–H groups in total. The average molecular weight is 324 g/mol. The molecular formula is C12H33N3O3Si2. The van der Waals surface area contributed by atoms with Crippen LogP contribution in [-0.2, 0) is 13.3 Å². The van der Waals surface area contributed by atoms with Gasteiger partial charge in [0, 0.05) is 46.6 Å². The van der Waals surface area contributed by atoms with Gasteiger partial charge >= 0.3 is 8.72 Å². The Kier molecular flexibility index (Phi) is 10.1. The van der Waals surface area contributed by atoms with E-state index in [0.29, 0.717) is 6.54 Å².